The molecule has 0 aromatic rings. The average Bonchev–Trinajstić information content (AvgIpc) is 1.63. The molecule has 0 aromatic heterocycles. The molecule has 0 spiro atoms. The van der Waals surface area contributed by atoms with Gasteiger partial charge in [-0.15, -0.1) is 0 Å². The number of hydrogen-bond donors (Lipinski definition) is 1. The number of hydrogen-bond acceptors (Lipinski definition) is 4. The molecule has 0 aliphatic carbocycles. The van der Waals surface area contributed by atoms with Gasteiger partial charge in [-0.2, -0.15) is 0 Å². The Kier molecular flexibility index (Phi) is 2.44. The lowest BCUT2D eigenvalue weighted by Crippen LogP contribution is -2.15. The zero-order valence-electron chi connectivity index (χ0n) is 5.01. The first-order valence-electron chi connectivity index (χ1n) is 2.21. The van der Waals surface area contributed by atoms with E-state index >= 15 is 0 Å². The second-order valence-electron chi connectivity index (χ2n) is 1.41. The van der Waals surface area contributed by atoms with Crippen LogP contribution in [0.15, 0.2) is 12.3 Å². The standard InChI is InChI=1S/C5H7NO3/c1-3(6)5(8)9-4(2)7/h1,6H2,2H3. The Labute approximate surface area is 52.3 Å². The van der Waals surface area contributed by atoms with Crippen LogP contribution in [0.2, 0.25) is 0 Å². The van der Waals surface area contributed by atoms with Crippen LogP contribution in [-0.2, 0) is 14.3 Å². The molecule has 0 heterocycles. The normalized spacial score (nSPS) is 8.11. The van der Waals surface area contributed by atoms with Crippen molar-refractivity contribution in [2.75, 3.05) is 0 Å². The molecule has 0 aromatic carbocycles. The molecule has 0 aliphatic heterocycles. The molecule has 0 amide bonds. The van der Waals surface area contributed by atoms with Gasteiger partial charge in [-0.1, -0.05) is 6.58 Å². The third-order valence-corrected chi connectivity index (χ3v) is 0.499. The Morgan fingerprint density at radius 1 is 1.56 bits per heavy atom. The summed E-state index contributed by atoms with van der Waals surface area (Å²) in [5.41, 5.74) is 4.59. The van der Waals surface area contributed by atoms with Crippen molar-refractivity contribution in [3.63, 3.8) is 0 Å². The molecule has 4 nitrogen and oxygen atoms in total. The Hall–Kier alpha value is -1.32. The van der Waals surface area contributed by atoms with E-state index in [-0.39, 0.29) is 5.70 Å². The number of carbonyl (C=O) groups is 2. The van der Waals surface area contributed by atoms with Gasteiger partial charge in [0.2, 0.25) is 0 Å². The van der Waals surface area contributed by atoms with Gasteiger partial charge in [-0.25, -0.2) is 4.79 Å². The summed E-state index contributed by atoms with van der Waals surface area (Å²) in [6, 6.07) is 0. The average molecular weight is 129 g/mol. The molecule has 0 radical (unpaired) electrons. The van der Waals surface area contributed by atoms with E-state index in [4.69, 9.17) is 5.73 Å². The Balaban J connectivity index is 3.79. The van der Waals surface area contributed by atoms with E-state index in [0.717, 1.165) is 6.92 Å². The maximum absolute atomic E-state index is 10.3. The molecule has 2 N–H and O–H groups in total. The third-order valence-electron chi connectivity index (χ3n) is 0.499. The number of rotatable bonds is 1. The van der Waals surface area contributed by atoms with Crippen molar-refractivity contribution in [3.8, 4) is 0 Å². The van der Waals surface area contributed by atoms with Crippen LogP contribution in [0.25, 0.3) is 0 Å². The maximum Gasteiger partial charge on any atom is 0.361 e. The molecule has 0 saturated heterocycles. The van der Waals surface area contributed by atoms with Crippen LogP contribution in [-0.4, -0.2) is 11.9 Å². The number of esters is 2. The fraction of sp³-hybridized carbons (Fsp3) is 0.200. The monoisotopic (exact) mass is 129 g/mol. The summed E-state index contributed by atoms with van der Waals surface area (Å²) < 4.78 is 4.01. The highest BCUT2D eigenvalue weighted by Gasteiger charge is 2.05. The smallest absolute Gasteiger partial charge is 0.361 e. The minimum Gasteiger partial charge on any atom is -0.393 e. The van der Waals surface area contributed by atoms with Crippen LogP contribution in [0.1, 0.15) is 6.92 Å². The van der Waals surface area contributed by atoms with Crippen molar-refractivity contribution in [2.24, 2.45) is 5.73 Å². The number of carbonyl (C=O) groups excluding carboxylic acids is 2. The van der Waals surface area contributed by atoms with Crippen molar-refractivity contribution in [1.82, 2.24) is 0 Å². The van der Waals surface area contributed by atoms with Crippen molar-refractivity contribution < 1.29 is 14.3 Å². The molecule has 0 fully saturated rings. The zero-order valence-corrected chi connectivity index (χ0v) is 5.01. The van der Waals surface area contributed by atoms with Gasteiger partial charge in [-0.3, -0.25) is 4.79 Å². The van der Waals surface area contributed by atoms with E-state index in [0.29, 0.717) is 0 Å². The summed E-state index contributed by atoms with van der Waals surface area (Å²) in [6.45, 7) is 4.17. The van der Waals surface area contributed by atoms with Crippen molar-refractivity contribution >= 4 is 11.9 Å². The molecule has 0 unspecified atom stereocenters. The van der Waals surface area contributed by atoms with E-state index in [1.54, 1.807) is 0 Å². The molecule has 0 atom stereocenters. The predicted octanol–water partition coefficient (Wildman–Crippen LogP) is -0.452. The molecular formula is C5H7NO3. The Bertz CT molecular complexity index is 162. The van der Waals surface area contributed by atoms with Gasteiger partial charge >= 0.3 is 11.9 Å². The van der Waals surface area contributed by atoms with Gasteiger partial charge in [0.1, 0.15) is 5.70 Å². The summed E-state index contributed by atoms with van der Waals surface area (Å²) >= 11 is 0. The van der Waals surface area contributed by atoms with Crippen LogP contribution in [0.3, 0.4) is 0 Å². The largest absolute Gasteiger partial charge is 0.393 e. The first kappa shape index (κ1) is 7.68. The lowest BCUT2D eigenvalue weighted by molar-refractivity contribution is -0.155. The van der Waals surface area contributed by atoms with E-state index in [1.165, 1.54) is 0 Å². The fourth-order valence-corrected chi connectivity index (χ4v) is 0.196. The Morgan fingerprint density at radius 2 is 2.00 bits per heavy atom. The first-order valence-corrected chi connectivity index (χ1v) is 2.21. The maximum atomic E-state index is 10.3. The van der Waals surface area contributed by atoms with Crippen LogP contribution in [0.4, 0.5) is 0 Å². The summed E-state index contributed by atoms with van der Waals surface area (Å²) in [7, 11) is 0. The summed E-state index contributed by atoms with van der Waals surface area (Å²) in [5, 5.41) is 0. The van der Waals surface area contributed by atoms with Crippen LogP contribution in [0, 0.1) is 0 Å². The molecular weight excluding hydrogens is 122 g/mol. The lowest BCUT2D eigenvalue weighted by atomic mass is 10.5. The lowest BCUT2D eigenvalue weighted by Gasteiger charge is -1.95. The molecule has 50 valence electrons. The minimum atomic E-state index is -0.887. The van der Waals surface area contributed by atoms with Gasteiger partial charge in [0.05, 0.1) is 0 Å². The topological polar surface area (TPSA) is 69.4 Å². The first-order chi connectivity index (χ1) is 4.04. The highest BCUT2D eigenvalue weighted by atomic mass is 16.6. The highest BCUT2D eigenvalue weighted by molar-refractivity contribution is 5.94. The third kappa shape index (κ3) is 3.28. The molecule has 0 rings (SSSR count). The van der Waals surface area contributed by atoms with Crippen molar-refractivity contribution in [1.29, 1.82) is 0 Å². The molecule has 0 saturated carbocycles. The number of nitrogens with two attached hydrogens (primary N) is 1. The molecule has 0 bridgehead atoms. The van der Waals surface area contributed by atoms with Gasteiger partial charge in [-0.05, 0) is 0 Å². The summed E-state index contributed by atoms with van der Waals surface area (Å²) in [6.07, 6.45) is 0. The molecule has 4 heteroatoms. The second-order valence-corrected chi connectivity index (χ2v) is 1.41. The van der Waals surface area contributed by atoms with Crippen molar-refractivity contribution in [2.45, 2.75) is 6.92 Å². The van der Waals surface area contributed by atoms with Crippen LogP contribution < -0.4 is 5.73 Å². The SMILES string of the molecule is C=C(N)C(=O)OC(C)=O. The van der Waals surface area contributed by atoms with E-state index in [1.807, 2.05) is 0 Å². The van der Waals surface area contributed by atoms with Gasteiger partial charge < -0.3 is 10.5 Å². The van der Waals surface area contributed by atoms with Gasteiger partial charge in [0, 0.05) is 6.92 Å². The molecule has 9 heavy (non-hydrogen) atoms. The van der Waals surface area contributed by atoms with E-state index < -0.39 is 11.9 Å². The van der Waals surface area contributed by atoms with E-state index in [9.17, 15) is 9.59 Å². The van der Waals surface area contributed by atoms with E-state index in [2.05, 4.69) is 11.3 Å². The second kappa shape index (κ2) is 2.86. The number of ether oxygens (including phenoxy) is 1. The summed E-state index contributed by atoms with van der Waals surface area (Å²) in [5.74, 6) is -1.57. The van der Waals surface area contributed by atoms with Gasteiger partial charge in [0.15, 0.2) is 0 Å². The highest BCUT2D eigenvalue weighted by Crippen LogP contribution is 1.84. The van der Waals surface area contributed by atoms with Gasteiger partial charge in [0.25, 0.3) is 0 Å². The fourth-order valence-electron chi connectivity index (χ4n) is 0.196. The predicted molar refractivity (Wildman–Crippen MR) is 30.1 cm³/mol. The quantitative estimate of drug-likeness (QED) is 0.295. The minimum absolute atomic E-state index is 0.273. The zero-order chi connectivity index (χ0) is 7.44. The van der Waals surface area contributed by atoms with Crippen molar-refractivity contribution in [3.05, 3.63) is 12.3 Å². The van der Waals surface area contributed by atoms with Crippen LogP contribution >= 0.6 is 0 Å². The molecule has 0 aliphatic rings. The summed E-state index contributed by atoms with van der Waals surface area (Å²) in [4.78, 5) is 20.3. The van der Waals surface area contributed by atoms with Crippen LogP contribution in [0.5, 0.6) is 0 Å². The Morgan fingerprint density at radius 3 is 2.11 bits per heavy atom.